The fourth-order valence-electron chi connectivity index (χ4n) is 1.73. The van der Waals surface area contributed by atoms with Gasteiger partial charge in [-0.1, -0.05) is 0 Å². The number of rotatable bonds is 1. The Morgan fingerprint density at radius 1 is 1.40 bits per heavy atom. The second-order valence-electron chi connectivity index (χ2n) is 4.17. The molecule has 1 heterocycles. The zero-order chi connectivity index (χ0) is 11.2. The Morgan fingerprint density at radius 2 is 2.07 bits per heavy atom. The van der Waals surface area contributed by atoms with E-state index < -0.39 is 11.7 Å². The Bertz CT molecular complexity index is 398. The van der Waals surface area contributed by atoms with Crippen molar-refractivity contribution in [3.05, 3.63) is 17.7 Å². The van der Waals surface area contributed by atoms with Crippen LogP contribution in [0.2, 0.25) is 0 Å². The fourth-order valence-corrected chi connectivity index (χ4v) is 1.73. The average molecular weight is 210 g/mol. The van der Waals surface area contributed by atoms with Crippen LogP contribution in [0, 0.1) is 0 Å². The SMILES string of the molecule is COc1cc(O)c2c(c1)C(O)C(C)(C)O2. The first kappa shape index (κ1) is 10.1. The summed E-state index contributed by atoms with van der Waals surface area (Å²) in [4.78, 5) is 0. The first-order valence-electron chi connectivity index (χ1n) is 4.73. The van der Waals surface area contributed by atoms with Crippen molar-refractivity contribution in [1.82, 2.24) is 0 Å². The number of phenols is 1. The summed E-state index contributed by atoms with van der Waals surface area (Å²) in [5, 5.41) is 19.6. The van der Waals surface area contributed by atoms with Gasteiger partial charge in [0.05, 0.1) is 7.11 Å². The molecule has 82 valence electrons. The quantitative estimate of drug-likeness (QED) is 0.739. The monoisotopic (exact) mass is 210 g/mol. The number of hydrogen-bond acceptors (Lipinski definition) is 4. The van der Waals surface area contributed by atoms with Gasteiger partial charge < -0.3 is 19.7 Å². The van der Waals surface area contributed by atoms with Gasteiger partial charge in [0.25, 0.3) is 0 Å². The van der Waals surface area contributed by atoms with Crippen LogP contribution in [0.1, 0.15) is 25.5 Å². The van der Waals surface area contributed by atoms with Crippen LogP contribution in [-0.4, -0.2) is 22.9 Å². The molecule has 15 heavy (non-hydrogen) atoms. The lowest BCUT2D eigenvalue weighted by Gasteiger charge is -2.21. The second kappa shape index (κ2) is 3.03. The summed E-state index contributed by atoms with van der Waals surface area (Å²) in [6.45, 7) is 3.53. The largest absolute Gasteiger partial charge is 0.504 e. The number of ether oxygens (including phenoxy) is 2. The van der Waals surface area contributed by atoms with Gasteiger partial charge in [-0.3, -0.25) is 0 Å². The molecular formula is C11H14O4. The van der Waals surface area contributed by atoms with Crippen LogP contribution in [0.15, 0.2) is 12.1 Å². The third-order valence-corrected chi connectivity index (χ3v) is 2.63. The van der Waals surface area contributed by atoms with Crippen LogP contribution in [0.5, 0.6) is 17.2 Å². The van der Waals surface area contributed by atoms with Gasteiger partial charge in [-0.15, -0.1) is 0 Å². The molecule has 0 aliphatic carbocycles. The maximum atomic E-state index is 9.96. The third kappa shape index (κ3) is 1.41. The molecule has 0 amide bonds. The van der Waals surface area contributed by atoms with Gasteiger partial charge in [0.15, 0.2) is 11.5 Å². The summed E-state index contributed by atoms with van der Waals surface area (Å²) >= 11 is 0. The van der Waals surface area contributed by atoms with E-state index in [-0.39, 0.29) is 5.75 Å². The van der Waals surface area contributed by atoms with Gasteiger partial charge in [0.1, 0.15) is 17.5 Å². The molecule has 1 aliphatic heterocycles. The minimum atomic E-state index is -0.756. The van der Waals surface area contributed by atoms with Crippen molar-refractivity contribution in [1.29, 1.82) is 0 Å². The molecule has 2 N–H and O–H groups in total. The van der Waals surface area contributed by atoms with Gasteiger partial charge in [-0.25, -0.2) is 0 Å². The highest BCUT2D eigenvalue weighted by atomic mass is 16.5. The lowest BCUT2D eigenvalue weighted by molar-refractivity contribution is -0.000277. The molecule has 1 aliphatic rings. The molecule has 0 spiro atoms. The lowest BCUT2D eigenvalue weighted by Crippen LogP contribution is -2.29. The number of aliphatic hydroxyl groups excluding tert-OH is 1. The number of aliphatic hydroxyl groups is 1. The number of aromatic hydroxyl groups is 1. The molecule has 4 heteroatoms. The standard InChI is InChI=1S/C11H14O4/c1-11(2)10(13)7-4-6(14-3)5-8(12)9(7)15-11/h4-5,10,12-13H,1-3H3. The molecule has 1 aromatic rings. The highest BCUT2D eigenvalue weighted by molar-refractivity contribution is 5.55. The molecule has 0 saturated heterocycles. The molecule has 1 atom stereocenters. The number of phenolic OH excluding ortho intramolecular Hbond substituents is 1. The minimum absolute atomic E-state index is 0.00558. The summed E-state index contributed by atoms with van der Waals surface area (Å²) in [6, 6.07) is 3.14. The zero-order valence-electron chi connectivity index (χ0n) is 8.94. The van der Waals surface area contributed by atoms with Crippen molar-refractivity contribution in [3.8, 4) is 17.2 Å². The van der Waals surface area contributed by atoms with E-state index in [2.05, 4.69) is 0 Å². The summed E-state index contributed by atoms with van der Waals surface area (Å²) in [5.41, 5.74) is -0.150. The lowest BCUT2D eigenvalue weighted by atomic mass is 9.97. The number of fused-ring (bicyclic) bond motifs is 1. The van der Waals surface area contributed by atoms with Gasteiger partial charge in [0.2, 0.25) is 0 Å². The Kier molecular flexibility index (Phi) is 2.04. The van der Waals surface area contributed by atoms with Crippen LogP contribution in [0.4, 0.5) is 0 Å². The van der Waals surface area contributed by atoms with Crippen LogP contribution in [0.3, 0.4) is 0 Å². The summed E-state index contributed by atoms with van der Waals surface area (Å²) < 4.78 is 10.5. The average Bonchev–Trinajstić information content (AvgIpc) is 2.40. The van der Waals surface area contributed by atoms with Gasteiger partial charge in [-0.2, -0.15) is 0 Å². The smallest absolute Gasteiger partial charge is 0.168 e. The molecule has 0 radical (unpaired) electrons. The third-order valence-electron chi connectivity index (χ3n) is 2.63. The molecule has 0 bridgehead atoms. The van der Waals surface area contributed by atoms with E-state index in [1.165, 1.54) is 13.2 Å². The van der Waals surface area contributed by atoms with Gasteiger partial charge in [-0.05, 0) is 19.9 Å². The van der Waals surface area contributed by atoms with Crippen molar-refractivity contribution in [2.24, 2.45) is 0 Å². The number of hydrogen-bond donors (Lipinski definition) is 2. The van der Waals surface area contributed by atoms with Gasteiger partial charge >= 0.3 is 0 Å². The predicted octanol–water partition coefficient (Wildman–Crippen LogP) is 1.61. The van der Waals surface area contributed by atoms with Crippen LogP contribution >= 0.6 is 0 Å². The Balaban J connectivity index is 2.55. The van der Waals surface area contributed by atoms with Crippen molar-refractivity contribution >= 4 is 0 Å². The Hall–Kier alpha value is -1.42. The first-order chi connectivity index (χ1) is 6.95. The zero-order valence-corrected chi connectivity index (χ0v) is 8.94. The Morgan fingerprint density at radius 3 is 2.67 bits per heavy atom. The summed E-state index contributed by atoms with van der Waals surface area (Å²) in [6.07, 6.45) is -0.756. The minimum Gasteiger partial charge on any atom is -0.504 e. The van der Waals surface area contributed by atoms with Gasteiger partial charge in [0, 0.05) is 11.6 Å². The number of methoxy groups -OCH3 is 1. The summed E-state index contributed by atoms with van der Waals surface area (Å²) in [5.74, 6) is 0.842. The second-order valence-corrected chi connectivity index (χ2v) is 4.17. The van der Waals surface area contributed by atoms with E-state index in [9.17, 15) is 10.2 Å². The normalized spacial score (nSPS) is 22.0. The van der Waals surface area contributed by atoms with E-state index >= 15 is 0 Å². The van der Waals surface area contributed by atoms with Crippen LogP contribution in [0.25, 0.3) is 0 Å². The van der Waals surface area contributed by atoms with E-state index in [1.54, 1.807) is 19.9 Å². The van der Waals surface area contributed by atoms with Crippen molar-refractivity contribution < 1.29 is 19.7 Å². The fraction of sp³-hybridized carbons (Fsp3) is 0.455. The highest BCUT2D eigenvalue weighted by Crippen LogP contribution is 2.49. The van der Waals surface area contributed by atoms with Crippen LogP contribution < -0.4 is 9.47 Å². The molecular weight excluding hydrogens is 196 g/mol. The van der Waals surface area contributed by atoms with Crippen molar-refractivity contribution in [2.75, 3.05) is 7.11 Å². The Labute approximate surface area is 88.1 Å². The highest BCUT2D eigenvalue weighted by Gasteiger charge is 2.41. The van der Waals surface area contributed by atoms with E-state index in [0.29, 0.717) is 17.1 Å². The van der Waals surface area contributed by atoms with E-state index in [1.807, 2.05) is 0 Å². The predicted molar refractivity (Wildman–Crippen MR) is 54.3 cm³/mol. The molecule has 1 unspecified atom stereocenters. The molecule has 0 aromatic heterocycles. The van der Waals surface area contributed by atoms with Crippen LogP contribution in [-0.2, 0) is 0 Å². The molecule has 4 nitrogen and oxygen atoms in total. The molecule has 0 fully saturated rings. The molecule has 2 rings (SSSR count). The van der Waals surface area contributed by atoms with E-state index in [0.717, 1.165) is 0 Å². The molecule has 0 saturated carbocycles. The van der Waals surface area contributed by atoms with Crippen molar-refractivity contribution in [3.63, 3.8) is 0 Å². The summed E-state index contributed by atoms with van der Waals surface area (Å²) in [7, 11) is 1.51. The maximum Gasteiger partial charge on any atom is 0.168 e. The maximum absolute atomic E-state index is 9.96. The van der Waals surface area contributed by atoms with Crippen molar-refractivity contribution in [2.45, 2.75) is 25.6 Å². The van der Waals surface area contributed by atoms with E-state index in [4.69, 9.17) is 9.47 Å². The number of benzene rings is 1. The first-order valence-corrected chi connectivity index (χ1v) is 4.73. The molecule has 1 aromatic carbocycles. The topological polar surface area (TPSA) is 58.9 Å².